The highest BCUT2D eigenvalue weighted by molar-refractivity contribution is 7.92. The zero-order valence-electron chi connectivity index (χ0n) is 26.8. The van der Waals surface area contributed by atoms with E-state index in [0.717, 1.165) is 16.7 Å². The van der Waals surface area contributed by atoms with Crippen molar-refractivity contribution < 1.29 is 32.2 Å². The highest BCUT2D eigenvalue weighted by Crippen LogP contribution is 2.34. The van der Waals surface area contributed by atoms with Crippen LogP contribution in [0, 0.1) is 19.8 Å². The van der Waals surface area contributed by atoms with Gasteiger partial charge in [-0.05, 0) is 55.5 Å². The summed E-state index contributed by atoms with van der Waals surface area (Å²) in [6.45, 7) is 8.87. The van der Waals surface area contributed by atoms with Crippen molar-refractivity contribution in [3.8, 4) is 17.1 Å². The van der Waals surface area contributed by atoms with E-state index >= 15 is 0 Å². The summed E-state index contributed by atoms with van der Waals surface area (Å²) in [6, 6.07) is 12.9. The summed E-state index contributed by atoms with van der Waals surface area (Å²) >= 11 is 0. The summed E-state index contributed by atoms with van der Waals surface area (Å²) < 4.78 is 46.5. The molecule has 1 atom stereocenters. The molecule has 0 unspecified atom stereocenters. The van der Waals surface area contributed by atoms with Crippen molar-refractivity contribution in [3.63, 3.8) is 0 Å². The van der Waals surface area contributed by atoms with Crippen molar-refractivity contribution in [2.75, 3.05) is 31.6 Å². The summed E-state index contributed by atoms with van der Waals surface area (Å²) in [5, 5.41) is 2.65. The molecule has 12 nitrogen and oxygen atoms in total. The molecule has 2 heterocycles. The van der Waals surface area contributed by atoms with Gasteiger partial charge in [-0.15, -0.1) is 0 Å². The van der Waals surface area contributed by atoms with Crippen LogP contribution >= 0.6 is 0 Å². The summed E-state index contributed by atoms with van der Waals surface area (Å²) in [4.78, 5) is 37.2. The van der Waals surface area contributed by atoms with Gasteiger partial charge in [0.2, 0.25) is 11.8 Å². The summed E-state index contributed by atoms with van der Waals surface area (Å²) in [6.07, 6.45) is 0.579. The fourth-order valence-corrected chi connectivity index (χ4v) is 6.93. The number of carbonyl (C=O) groups is 2. The predicted molar refractivity (Wildman–Crippen MR) is 172 cm³/mol. The minimum absolute atomic E-state index is 0.0935. The first-order valence-electron chi connectivity index (χ1n) is 15.4. The summed E-state index contributed by atoms with van der Waals surface area (Å²) in [5.74, 6) is -0.0727. The van der Waals surface area contributed by atoms with Gasteiger partial charge in [-0.3, -0.25) is 4.79 Å². The second-order valence-corrected chi connectivity index (χ2v) is 13.9. The molecule has 1 aromatic heterocycles. The molecule has 0 saturated heterocycles. The number of carbonyl (C=O) groups excluding carboxylic acids is 2. The number of rotatable bonds is 8. The normalized spacial score (nSPS) is 20.7. The van der Waals surface area contributed by atoms with Gasteiger partial charge < -0.3 is 24.4 Å². The Hall–Kier alpha value is -4.23. The number of sulfonamides is 1. The predicted octanol–water partition coefficient (Wildman–Crippen LogP) is 4.71. The number of hydrogen-bond acceptors (Lipinski definition) is 9. The Morgan fingerprint density at radius 2 is 1.83 bits per heavy atom. The number of ether oxygens (including phenoxy) is 3. The van der Waals surface area contributed by atoms with E-state index in [1.54, 1.807) is 30.2 Å². The Morgan fingerprint density at radius 1 is 1.11 bits per heavy atom. The first-order valence-corrected chi connectivity index (χ1v) is 16.9. The van der Waals surface area contributed by atoms with E-state index < -0.39 is 16.1 Å². The Kier molecular flexibility index (Phi) is 10.1. The fraction of sp³-hybridized carbons (Fsp3) is 0.455. The van der Waals surface area contributed by atoms with Crippen molar-refractivity contribution in [1.82, 2.24) is 20.2 Å². The van der Waals surface area contributed by atoms with Crippen LogP contribution in [0.5, 0.6) is 5.88 Å². The second-order valence-electron chi connectivity index (χ2n) is 12.2. The van der Waals surface area contributed by atoms with Crippen molar-refractivity contribution in [3.05, 3.63) is 65.2 Å². The lowest BCUT2D eigenvalue weighted by Crippen LogP contribution is -2.57. The van der Waals surface area contributed by atoms with E-state index in [4.69, 9.17) is 14.2 Å². The maximum absolute atomic E-state index is 14.2. The van der Waals surface area contributed by atoms with Crippen LogP contribution in [0.4, 0.5) is 10.7 Å². The highest BCUT2D eigenvalue weighted by atomic mass is 32.2. The van der Waals surface area contributed by atoms with Gasteiger partial charge in [0.1, 0.15) is 12.7 Å². The van der Waals surface area contributed by atoms with E-state index in [-0.39, 0.29) is 58.9 Å². The zero-order valence-corrected chi connectivity index (χ0v) is 27.6. The molecular formula is C33H41N5O7S. The topological polar surface area (TPSA) is 149 Å². The maximum atomic E-state index is 14.2. The standard InChI is InChI=1S/C33H41N5O7S/c1-20(2)14-25-19-44-29-18-28(30-21(3)8-6-9-22(30)4)35-32(36-29)37-46(41,42)27-11-7-10-23(15-27)31(39)38(25)24-16-26(17-24)45-33(40)34-12-13-43-5/h6-11,15,18,20,24-26H,12-14,16-17,19H2,1-5H3,(H,34,40)(H,35,36,37)/t24?,25-,26?/m1/s1. The van der Waals surface area contributed by atoms with Crippen LogP contribution < -0.4 is 14.8 Å². The molecule has 46 heavy (non-hydrogen) atoms. The van der Waals surface area contributed by atoms with Crippen LogP contribution in [-0.4, -0.2) is 80.3 Å². The minimum atomic E-state index is -4.17. The van der Waals surface area contributed by atoms with Crippen LogP contribution in [0.25, 0.3) is 11.3 Å². The number of amides is 2. The molecule has 2 aromatic carbocycles. The lowest BCUT2D eigenvalue weighted by molar-refractivity contribution is -0.0274. The van der Waals surface area contributed by atoms with Gasteiger partial charge in [0, 0.05) is 49.7 Å². The molecule has 0 radical (unpaired) electrons. The number of alkyl carbamates (subject to hydrolysis) is 1. The number of fused-ring (bicyclic) bond motifs is 4. The lowest BCUT2D eigenvalue weighted by Gasteiger charge is -2.46. The van der Waals surface area contributed by atoms with Crippen LogP contribution in [0.15, 0.2) is 53.4 Å². The number of methoxy groups -OCH3 is 1. The van der Waals surface area contributed by atoms with Crippen LogP contribution in [0.3, 0.4) is 0 Å². The smallest absolute Gasteiger partial charge is 0.407 e. The lowest BCUT2D eigenvalue weighted by atomic mass is 9.85. The molecule has 1 aliphatic heterocycles. The number of benzene rings is 2. The first kappa shape index (κ1) is 33.1. The van der Waals surface area contributed by atoms with Gasteiger partial charge in [0.05, 0.1) is 23.2 Å². The van der Waals surface area contributed by atoms with E-state index in [0.29, 0.717) is 38.1 Å². The molecule has 4 bridgehead atoms. The number of anilines is 1. The number of nitrogens with zero attached hydrogens (tertiary/aromatic N) is 3. The van der Waals surface area contributed by atoms with Gasteiger partial charge in [0.25, 0.3) is 15.9 Å². The molecule has 2 N–H and O–H groups in total. The minimum Gasteiger partial charge on any atom is -0.475 e. The van der Waals surface area contributed by atoms with Gasteiger partial charge in [-0.2, -0.15) is 4.98 Å². The van der Waals surface area contributed by atoms with E-state index in [1.165, 1.54) is 12.1 Å². The number of nitrogens with one attached hydrogen (secondary N) is 2. The third kappa shape index (κ3) is 7.59. The average Bonchev–Trinajstić information content (AvgIpc) is 2.98. The van der Waals surface area contributed by atoms with Crippen molar-refractivity contribution in [1.29, 1.82) is 0 Å². The largest absolute Gasteiger partial charge is 0.475 e. The number of aryl methyl sites for hydroxylation is 2. The second kappa shape index (κ2) is 14.0. The van der Waals surface area contributed by atoms with Crippen molar-refractivity contribution >= 4 is 28.0 Å². The van der Waals surface area contributed by atoms with Gasteiger partial charge in [-0.1, -0.05) is 38.1 Å². The molecule has 246 valence electrons. The molecule has 1 fully saturated rings. The van der Waals surface area contributed by atoms with Gasteiger partial charge in [-0.25, -0.2) is 22.9 Å². The molecular weight excluding hydrogens is 610 g/mol. The SMILES string of the molecule is COCCNC(=O)OC1CC(N2C(=O)c3cccc(c3)S(=O)(=O)Nc3nc(cc(-c4c(C)cccc4C)n3)OC[C@H]2CC(C)C)C1. The van der Waals surface area contributed by atoms with Crippen LogP contribution in [0.2, 0.25) is 0 Å². The van der Waals surface area contributed by atoms with Crippen molar-refractivity contribution in [2.45, 2.75) is 70.0 Å². The van der Waals surface area contributed by atoms with Crippen molar-refractivity contribution in [2.24, 2.45) is 5.92 Å². The molecule has 5 rings (SSSR count). The van der Waals surface area contributed by atoms with Gasteiger partial charge >= 0.3 is 6.09 Å². The Morgan fingerprint density at radius 3 is 2.52 bits per heavy atom. The molecule has 2 amide bonds. The Bertz CT molecular complexity index is 1670. The fourth-order valence-electron chi connectivity index (χ4n) is 5.94. The Labute approximate surface area is 269 Å². The third-order valence-corrected chi connectivity index (χ3v) is 9.49. The highest BCUT2D eigenvalue weighted by Gasteiger charge is 2.42. The van der Waals surface area contributed by atoms with Crippen LogP contribution in [0.1, 0.15) is 54.6 Å². The number of hydrogen-bond donors (Lipinski definition) is 2. The summed E-state index contributed by atoms with van der Waals surface area (Å²) in [5.41, 5.74) is 3.52. The van der Waals surface area contributed by atoms with E-state index in [1.807, 2.05) is 32.0 Å². The quantitative estimate of drug-likeness (QED) is 0.330. The van der Waals surface area contributed by atoms with Gasteiger partial charge in [0.15, 0.2) is 0 Å². The molecule has 1 aliphatic carbocycles. The van der Waals surface area contributed by atoms with E-state index in [9.17, 15) is 18.0 Å². The number of aromatic nitrogens is 2. The zero-order chi connectivity index (χ0) is 33.0. The molecule has 2 aliphatic rings. The average molecular weight is 652 g/mol. The maximum Gasteiger partial charge on any atom is 0.407 e. The molecule has 3 aromatic rings. The van der Waals surface area contributed by atoms with Crippen LogP contribution in [-0.2, 0) is 19.5 Å². The molecule has 13 heteroatoms. The summed E-state index contributed by atoms with van der Waals surface area (Å²) in [7, 11) is -2.62. The first-order chi connectivity index (χ1) is 21.9. The molecule has 1 saturated carbocycles. The van der Waals surface area contributed by atoms with E-state index in [2.05, 4.69) is 33.9 Å². The molecule has 0 spiro atoms. The Balaban J connectivity index is 1.52. The third-order valence-electron chi connectivity index (χ3n) is 8.16. The monoisotopic (exact) mass is 651 g/mol.